The Hall–Kier alpha value is -2.82. The van der Waals surface area contributed by atoms with Crippen molar-refractivity contribution < 1.29 is 14.3 Å². The number of hydrogen-bond donors (Lipinski definition) is 1. The second-order valence-corrected chi connectivity index (χ2v) is 8.17. The topological polar surface area (TPSA) is 58.6 Å². The van der Waals surface area contributed by atoms with Crippen LogP contribution in [0, 0.1) is 19.8 Å². The zero-order valence-corrected chi connectivity index (χ0v) is 18.8. The predicted molar refractivity (Wildman–Crippen MR) is 121 cm³/mol. The first-order chi connectivity index (χ1) is 14.3. The van der Waals surface area contributed by atoms with Crippen LogP contribution >= 0.6 is 0 Å². The molecule has 0 spiro atoms. The Morgan fingerprint density at radius 1 is 1.00 bits per heavy atom. The molecule has 0 aromatic heterocycles. The van der Waals surface area contributed by atoms with Gasteiger partial charge in [-0.25, -0.2) is 0 Å². The van der Waals surface area contributed by atoms with Gasteiger partial charge in [0.1, 0.15) is 11.8 Å². The molecule has 0 aliphatic heterocycles. The molecule has 0 saturated carbocycles. The number of hydrogen-bond acceptors (Lipinski definition) is 3. The molecular formula is C25H34N2O3. The Labute approximate surface area is 180 Å². The quantitative estimate of drug-likeness (QED) is 0.646. The molecule has 5 heteroatoms. The van der Waals surface area contributed by atoms with Crippen LogP contribution < -0.4 is 10.1 Å². The average molecular weight is 411 g/mol. The van der Waals surface area contributed by atoms with Crippen molar-refractivity contribution in [2.75, 3.05) is 19.7 Å². The maximum Gasteiger partial charge on any atom is 0.261 e. The molecule has 30 heavy (non-hydrogen) atoms. The molecule has 1 N–H and O–H groups in total. The first kappa shape index (κ1) is 23.5. The third kappa shape index (κ3) is 7.21. The standard InChI is InChI=1S/C25H34N2O3/c1-18(2)16-26-25(29)21(5)27(14-13-22-9-7-6-8-10-22)24(28)17-30-23-12-11-19(3)20(4)15-23/h6-12,15,18,21H,13-14,16-17H2,1-5H3,(H,26,29). The van der Waals surface area contributed by atoms with Crippen molar-refractivity contribution in [3.05, 3.63) is 65.2 Å². The fourth-order valence-corrected chi connectivity index (χ4v) is 3.05. The molecule has 0 radical (unpaired) electrons. The van der Waals surface area contributed by atoms with Crippen LogP contribution in [0.1, 0.15) is 37.5 Å². The van der Waals surface area contributed by atoms with Gasteiger partial charge in [0.2, 0.25) is 5.91 Å². The van der Waals surface area contributed by atoms with Crippen molar-refractivity contribution >= 4 is 11.8 Å². The van der Waals surface area contributed by atoms with Gasteiger partial charge in [0, 0.05) is 13.1 Å². The lowest BCUT2D eigenvalue weighted by Crippen LogP contribution is -2.50. The van der Waals surface area contributed by atoms with Crippen LogP contribution in [0.5, 0.6) is 5.75 Å². The summed E-state index contributed by atoms with van der Waals surface area (Å²) >= 11 is 0. The van der Waals surface area contributed by atoms with E-state index in [1.54, 1.807) is 11.8 Å². The average Bonchev–Trinajstić information content (AvgIpc) is 2.73. The van der Waals surface area contributed by atoms with Crippen LogP contribution in [0.4, 0.5) is 0 Å². The van der Waals surface area contributed by atoms with Crippen molar-refractivity contribution in [1.29, 1.82) is 0 Å². The van der Waals surface area contributed by atoms with Gasteiger partial charge in [-0.1, -0.05) is 50.2 Å². The van der Waals surface area contributed by atoms with Gasteiger partial charge in [-0.15, -0.1) is 0 Å². The summed E-state index contributed by atoms with van der Waals surface area (Å²) in [4.78, 5) is 27.2. The second kappa shape index (κ2) is 11.4. The van der Waals surface area contributed by atoms with Gasteiger partial charge in [-0.05, 0) is 61.9 Å². The second-order valence-electron chi connectivity index (χ2n) is 8.17. The number of aryl methyl sites for hydroxylation is 2. The molecule has 0 aliphatic rings. The van der Waals surface area contributed by atoms with Crippen LogP contribution in [0.25, 0.3) is 0 Å². The summed E-state index contributed by atoms with van der Waals surface area (Å²) in [5, 5.41) is 2.93. The molecule has 1 atom stereocenters. The Morgan fingerprint density at radius 2 is 1.70 bits per heavy atom. The number of nitrogens with zero attached hydrogens (tertiary/aromatic N) is 1. The van der Waals surface area contributed by atoms with Crippen LogP contribution in [-0.4, -0.2) is 42.5 Å². The number of nitrogens with one attached hydrogen (secondary N) is 1. The molecule has 2 aromatic carbocycles. The minimum atomic E-state index is -0.566. The summed E-state index contributed by atoms with van der Waals surface area (Å²) in [6.45, 7) is 10.8. The van der Waals surface area contributed by atoms with Gasteiger partial charge in [-0.2, -0.15) is 0 Å². The first-order valence-electron chi connectivity index (χ1n) is 10.6. The minimum Gasteiger partial charge on any atom is -0.484 e. The predicted octanol–water partition coefficient (Wildman–Crippen LogP) is 3.91. The summed E-state index contributed by atoms with van der Waals surface area (Å²) < 4.78 is 5.74. The van der Waals surface area contributed by atoms with E-state index in [0.717, 1.165) is 11.1 Å². The maximum absolute atomic E-state index is 13.0. The number of rotatable bonds is 10. The molecule has 0 bridgehead atoms. The molecule has 162 valence electrons. The Balaban J connectivity index is 2.06. The Bertz CT molecular complexity index is 834. The van der Waals surface area contributed by atoms with Gasteiger partial charge in [0.25, 0.3) is 5.91 Å². The summed E-state index contributed by atoms with van der Waals surface area (Å²) in [5.41, 5.74) is 3.41. The van der Waals surface area contributed by atoms with Crippen molar-refractivity contribution in [1.82, 2.24) is 10.2 Å². The normalized spacial score (nSPS) is 11.8. The van der Waals surface area contributed by atoms with E-state index in [4.69, 9.17) is 4.74 Å². The molecule has 0 aliphatic carbocycles. The SMILES string of the molecule is Cc1ccc(OCC(=O)N(CCc2ccccc2)C(C)C(=O)NCC(C)C)cc1C. The molecule has 0 heterocycles. The molecule has 2 aromatic rings. The summed E-state index contributed by atoms with van der Waals surface area (Å²) in [6.07, 6.45) is 0.679. The van der Waals surface area contributed by atoms with Crippen LogP contribution in [0.15, 0.2) is 48.5 Å². The molecule has 5 nitrogen and oxygen atoms in total. The maximum atomic E-state index is 13.0. The first-order valence-corrected chi connectivity index (χ1v) is 10.6. The highest BCUT2D eigenvalue weighted by atomic mass is 16.5. The highest BCUT2D eigenvalue weighted by Gasteiger charge is 2.26. The van der Waals surface area contributed by atoms with Gasteiger partial charge >= 0.3 is 0 Å². The Morgan fingerprint density at radius 3 is 2.33 bits per heavy atom. The lowest BCUT2D eigenvalue weighted by atomic mass is 10.1. The van der Waals surface area contributed by atoms with E-state index < -0.39 is 6.04 Å². The number of benzene rings is 2. The zero-order chi connectivity index (χ0) is 22.1. The zero-order valence-electron chi connectivity index (χ0n) is 18.8. The monoisotopic (exact) mass is 410 g/mol. The van der Waals surface area contributed by atoms with E-state index in [1.165, 1.54) is 5.56 Å². The van der Waals surface area contributed by atoms with E-state index in [9.17, 15) is 9.59 Å². The fourth-order valence-electron chi connectivity index (χ4n) is 3.05. The highest BCUT2D eigenvalue weighted by Crippen LogP contribution is 2.17. The van der Waals surface area contributed by atoms with Crippen LogP contribution in [-0.2, 0) is 16.0 Å². The third-order valence-corrected chi connectivity index (χ3v) is 5.18. The van der Waals surface area contributed by atoms with E-state index in [0.29, 0.717) is 31.2 Å². The van der Waals surface area contributed by atoms with Crippen molar-refractivity contribution in [3.63, 3.8) is 0 Å². The summed E-state index contributed by atoms with van der Waals surface area (Å²) in [7, 11) is 0. The lowest BCUT2D eigenvalue weighted by Gasteiger charge is -2.29. The molecule has 1 unspecified atom stereocenters. The van der Waals surface area contributed by atoms with Crippen LogP contribution in [0.3, 0.4) is 0 Å². The number of ether oxygens (including phenoxy) is 1. The van der Waals surface area contributed by atoms with Gasteiger partial charge in [-0.3, -0.25) is 9.59 Å². The van der Waals surface area contributed by atoms with E-state index >= 15 is 0 Å². The van der Waals surface area contributed by atoms with Crippen molar-refractivity contribution in [3.8, 4) is 5.75 Å². The number of amides is 2. The molecule has 0 fully saturated rings. The molecule has 2 rings (SSSR count). The number of carbonyl (C=O) groups is 2. The molecule has 0 saturated heterocycles. The highest BCUT2D eigenvalue weighted by molar-refractivity contribution is 5.88. The van der Waals surface area contributed by atoms with E-state index in [1.807, 2.05) is 76.2 Å². The number of carbonyl (C=O) groups excluding carboxylic acids is 2. The van der Waals surface area contributed by atoms with E-state index in [-0.39, 0.29) is 18.4 Å². The van der Waals surface area contributed by atoms with Gasteiger partial charge in [0.05, 0.1) is 0 Å². The lowest BCUT2D eigenvalue weighted by molar-refractivity contribution is -0.141. The van der Waals surface area contributed by atoms with Crippen LogP contribution in [0.2, 0.25) is 0 Å². The van der Waals surface area contributed by atoms with E-state index in [2.05, 4.69) is 5.32 Å². The smallest absolute Gasteiger partial charge is 0.261 e. The van der Waals surface area contributed by atoms with Gasteiger partial charge in [0.15, 0.2) is 6.61 Å². The summed E-state index contributed by atoms with van der Waals surface area (Å²) in [5.74, 6) is 0.668. The molecule has 2 amide bonds. The van der Waals surface area contributed by atoms with Crippen molar-refractivity contribution in [2.24, 2.45) is 5.92 Å². The summed E-state index contributed by atoms with van der Waals surface area (Å²) in [6, 6.07) is 15.2. The Kier molecular flexibility index (Phi) is 8.90. The van der Waals surface area contributed by atoms with Crippen molar-refractivity contribution in [2.45, 2.75) is 47.1 Å². The fraction of sp³-hybridized carbons (Fsp3) is 0.440. The largest absolute Gasteiger partial charge is 0.484 e. The minimum absolute atomic E-state index is 0.0981. The molecular weight excluding hydrogens is 376 g/mol. The van der Waals surface area contributed by atoms with Gasteiger partial charge < -0.3 is 15.0 Å². The third-order valence-electron chi connectivity index (χ3n) is 5.18.